The number of benzene rings is 1. The maximum Gasteiger partial charge on any atom is 0.258 e. The molecule has 10 nitrogen and oxygen atoms in total. The number of carbonyl (C=O) groups excluding carboxylic acids is 1. The molecule has 2 atom stereocenters. The number of ether oxygens (including phenoxy) is 1. The Hall–Kier alpha value is -3.57. The van der Waals surface area contributed by atoms with Crippen molar-refractivity contribution < 1.29 is 17.9 Å². The molecule has 1 aromatic carbocycles. The fourth-order valence-corrected chi connectivity index (χ4v) is 6.34. The Morgan fingerprint density at radius 2 is 1.79 bits per heavy atom. The zero-order valence-corrected chi connectivity index (χ0v) is 19.2. The molecule has 2 aromatic heterocycles. The number of hydrogen-bond acceptors (Lipinski definition) is 7. The maximum atomic E-state index is 13.4. The average molecular weight is 482 g/mol. The van der Waals surface area contributed by atoms with E-state index in [2.05, 4.69) is 15.3 Å². The lowest BCUT2D eigenvalue weighted by Crippen LogP contribution is -2.49. The van der Waals surface area contributed by atoms with Gasteiger partial charge in [0.25, 0.3) is 11.5 Å². The van der Waals surface area contributed by atoms with Crippen molar-refractivity contribution in [3.05, 3.63) is 76.7 Å². The zero-order valence-electron chi connectivity index (χ0n) is 18.4. The standard InChI is InChI=1S/C23H23N5O5S/c1-33-18-2-4-19(5-3-18)34(31,32)27-11-15-8-16(13-27)22-20(6-7-21(29)28(22)12-15)26-23(30)17-9-24-14-25-10-17/h2-7,9-10,14-16H,8,11-13H2,1H3,(H,26,30). The second-order valence-corrected chi connectivity index (χ2v) is 10.4. The van der Waals surface area contributed by atoms with E-state index in [9.17, 15) is 18.0 Å². The lowest BCUT2D eigenvalue weighted by Gasteiger charge is -2.42. The van der Waals surface area contributed by atoms with Crippen LogP contribution in [0.25, 0.3) is 0 Å². The van der Waals surface area contributed by atoms with E-state index in [1.54, 1.807) is 22.8 Å². The third-order valence-corrected chi connectivity index (χ3v) is 8.17. The second-order valence-electron chi connectivity index (χ2n) is 8.46. The van der Waals surface area contributed by atoms with Crippen LogP contribution in [0.15, 0.2) is 64.8 Å². The van der Waals surface area contributed by atoms with Gasteiger partial charge in [-0.1, -0.05) is 0 Å². The Labute approximate surface area is 196 Å². The lowest BCUT2D eigenvalue weighted by atomic mass is 9.83. The highest BCUT2D eigenvalue weighted by Gasteiger charge is 2.40. The van der Waals surface area contributed by atoms with Gasteiger partial charge in [0.15, 0.2) is 0 Å². The van der Waals surface area contributed by atoms with Crippen molar-refractivity contribution >= 4 is 21.6 Å². The molecule has 0 spiro atoms. The van der Waals surface area contributed by atoms with Crippen molar-refractivity contribution in [3.8, 4) is 5.75 Å². The Kier molecular flexibility index (Phi) is 5.66. The SMILES string of the molecule is COc1ccc(S(=O)(=O)N2CC3CC(C2)c2c(NC(=O)c4cncnc4)ccc(=O)n2C3)cc1. The van der Waals surface area contributed by atoms with E-state index in [-0.39, 0.29) is 34.4 Å². The number of nitrogens with one attached hydrogen (secondary N) is 1. The number of amides is 1. The third kappa shape index (κ3) is 3.97. The van der Waals surface area contributed by atoms with Gasteiger partial charge in [-0.3, -0.25) is 9.59 Å². The molecule has 5 rings (SSSR count). The molecule has 0 radical (unpaired) electrons. The van der Waals surface area contributed by atoms with E-state index >= 15 is 0 Å². The molecule has 2 bridgehead atoms. The number of hydrogen-bond donors (Lipinski definition) is 1. The van der Waals surface area contributed by atoms with Gasteiger partial charge in [0.05, 0.1) is 23.3 Å². The normalized spacial score (nSPS) is 19.8. The average Bonchev–Trinajstić information content (AvgIpc) is 2.86. The van der Waals surface area contributed by atoms with E-state index in [0.717, 1.165) is 6.42 Å². The molecule has 4 heterocycles. The number of rotatable bonds is 5. The molecule has 1 saturated heterocycles. The molecule has 0 saturated carbocycles. The van der Waals surface area contributed by atoms with Gasteiger partial charge in [-0.05, 0) is 42.7 Å². The molecule has 0 aliphatic carbocycles. The molecule has 3 aromatic rings. The monoisotopic (exact) mass is 481 g/mol. The highest BCUT2D eigenvalue weighted by molar-refractivity contribution is 7.89. The van der Waals surface area contributed by atoms with Crippen molar-refractivity contribution in [2.45, 2.75) is 23.8 Å². The van der Waals surface area contributed by atoms with Gasteiger partial charge in [-0.2, -0.15) is 4.31 Å². The Morgan fingerprint density at radius 3 is 2.50 bits per heavy atom. The highest BCUT2D eigenvalue weighted by atomic mass is 32.2. The van der Waals surface area contributed by atoms with Gasteiger partial charge in [-0.25, -0.2) is 18.4 Å². The second kappa shape index (κ2) is 8.65. The van der Waals surface area contributed by atoms with Crippen LogP contribution in [0.5, 0.6) is 5.75 Å². The molecular weight excluding hydrogens is 458 g/mol. The smallest absolute Gasteiger partial charge is 0.258 e. The van der Waals surface area contributed by atoms with Crippen LogP contribution in [0.1, 0.15) is 28.4 Å². The van der Waals surface area contributed by atoms with Crippen LogP contribution in [0.3, 0.4) is 0 Å². The van der Waals surface area contributed by atoms with Gasteiger partial charge in [-0.15, -0.1) is 0 Å². The van der Waals surface area contributed by atoms with Gasteiger partial charge >= 0.3 is 0 Å². The number of methoxy groups -OCH3 is 1. The topological polar surface area (TPSA) is 123 Å². The summed E-state index contributed by atoms with van der Waals surface area (Å²) in [5.41, 5.74) is 1.25. The van der Waals surface area contributed by atoms with Crippen molar-refractivity contribution in [2.24, 2.45) is 5.92 Å². The summed E-state index contributed by atoms with van der Waals surface area (Å²) in [6.45, 7) is 0.928. The molecule has 2 aliphatic rings. The van der Waals surface area contributed by atoms with Crippen molar-refractivity contribution in [1.29, 1.82) is 0 Å². The number of fused-ring (bicyclic) bond motifs is 4. The maximum absolute atomic E-state index is 13.4. The first-order valence-electron chi connectivity index (χ1n) is 10.8. The summed E-state index contributed by atoms with van der Waals surface area (Å²) in [6.07, 6.45) is 4.88. The van der Waals surface area contributed by atoms with E-state index < -0.39 is 15.9 Å². The predicted molar refractivity (Wildman–Crippen MR) is 123 cm³/mol. The fraction of sp³-hybridized carbons (Fsp3) is 0.304. The summed E-state index contributed by atoms with van der Waals surface area (Å²) in [4.78, 5) is 33.3. The lowest BCUT2D eigenvalue weighted by molar-refractivity contribution is 0.102. The summed E-state index contributed by atoms with van der Waals surface area (Å²) < 4.78 is 35.0. The Balaban J connectivity index is 1.47. The first-order valence-corrected chi connectivity index (χ1v) is 12.2. The van der Waals surface area contributed by atoms with Crippen molar-refractivity contribution in [2.75, 3.05) is 25.5 Å². The summed E-state index contributed by atoms with van der Waals surface area (Å²) >= 11 is 0. The molecule has 1 amide bonds. The number of aromatic nitrogens is 3. The van der Waals surface area contributed by atoms with Crippen LogP contribution in [-0.2, 0) is 16.6 Å². The number of piperidine rings is 1. The molecular formula is C23H23N5O5S. The van der Waals surface area contributed by atoms with Crippen LogP contribution in [0, 0.1) is 5.92 Å². The van der Waals surface area contributed by atoms with Crippen LogP contribution < -0.4 is 15.6 Å². The Bertz CT molecular complexity index is 1390. The molecule has 1 fully saturated rings. The highest BCUT2D eigenvalue weighted by Crippen LogP contribution is 2.40. The van der Waals surface area contributed by atoms with Gasteiger partial charge in [0.2, 0.25) is 10.0 Å². The van der Waals surface area contributed by atoms with E-state index in [4.69, 9.17) is 4.74 Å². The number of anilines is 1. The number of carbonyl (C=O) groups is 1. The van der Waals surface area contributed by atoms with Crippen LogP contribution >= 0.6 is 0 Å². The summed E-state index contributed by atoms with van der Waals surface area (Å²) in [5, 5.41) is 2.85. The van der Waals surface area contributed by atoms with Crippen molar-refractivity contribution in [1.82, 2.24) is 18.8 Å². The van der Waals surface area contributed by atoms with E-state index in [1.807, 2.05) is 0 Å². The van der Waals surface area contributed by atoms with Gasteiger partial charge < -0.3 is 14.6 Å². The van der Waals surface area contributed by atoms with Gasteiger partial charge in [0.1, 0.15) is 12.1 Å². The first kappa shape index (κ1) is 22.2. The largest absolute Gasteiger partial charge is 0.497 e. The Morgan fingerprint density at radius 1 is 1.06 bits per heavy atom. The molecule has 2 unspecified atom stereocenters. The van der Waals surface area contributed by atoms with E-state index in [1.165, 1.54) is 48.3 Å². The van der Waals surface area contributed by atoms with Crippen molar-refractivity contribution in [3.63, 3.8) is 0 Å². The predicted octanol–water partition coefficient (Wildman–Crippen LogP) is 1.71. The first-order chi connectivity index (χ1) is 16.4. The minimum atomic E-state index is -3.73. The fourth-order valence-electron chi connectivity index (χ4n) is 4.78. The molecule has 2 aliphatic heterocycles. The number of pyridine rings is 1. The van der Waals surface area contributed by atoms with Crippen LogP contribution in [-0.4, -0.2) is 53.4 Å². The van der Waals surface area contributed by atoms with E-state index in [0.29, 0.717) is 30.2 Å². The molecule has 11 heteroatoms. The minimum Gasteiger partial charge on any atom is -0.497 e. The molecule has 34 heavy (non-hydrogen) atoms. The van der Waals surface area contributed by atoms with Crippen LogP contribution in [0.4, 0.5) is 5.69 Å². The summed E-state index contributed by atoms with van der Waals surface area (Å²) in [5.74, 6) is -0.0724. The molecule has 1 N–H and O–H groups in total. The van der Waals surface area contributed by atoms with Gasteiger partial charge in [0, 0.05) is 49.7 Å². The minimum absolute atomic E-state index is 0.00884. The van der Waals surface area contributed by atoms with Crippen LogP contribution in [0.2, 0.25) is 0 Å². The third-order valence-electron chi connectivity index (χ3n) is 6.32. The number of sulfonamides is 1. The summed E-state index contributed by atoms with van der Waals surface area (Å²) in [6, 6.07) is 9.30. The molecule has 176 valence electrons. The summed E-state index contributed by atoms with van der Waals surface area (Å²) in [7, 11) is -2.21. The quantitative estimate of drug-likeness (QED) is 0.588. The number of nitrogens with zero attached hydrogens (tertiary/aromatic N) is 4. The zero-order chi connectivity index (χ0) is 23.9.